The third kappa shape index (κ3) is 7.16. The van der Waals surface area contributed by atoms with Gasteiger partial charge in [0.1, 0.15) is 0 Å². The lowest BCUT2D eigenvalue weighted by molar-refractivity contribution is -0.122. The molecule has 23 heavy (non-hydrogen) atoms. The van der Waals surface area contributed by atoms with Crippen molar-refractivity contribution in [1.82, 2.24) is 15.5 Å². The molecule has 2 fully saturated rings. The molecule has 2 saturated heterocycles. The topological polar surface area (TPSA) is 44.4 Å². The fourth-order valence-electron chi connectivity index (χ4n) is 3.81. The highest BCUT2D eigenvalue weighted by molar-refractivity contribution is 5.85. The lowest BCUT2D eigenvalue weighted by Gasteiger charge is -2.45. The molecule has 2 aliphatic heterocycles. The highest BCUT2D eigenvalue weighted by Gasteiger charge is 2.33. The Hall–Kier alpha value is -0.0300. The molecule has 0 spiro atoms. The summed E-state index contributed by atoms with van der Waals surface area (Å²) in [7, 11) is 0. The zero-order chi connectivity index (χ0) is 15.5. The van der Waals surface area contributed by atoms with E-state index in [-0.39, 0.29) is 36.3 Å². The van der Waals surface area contributed by atoms with E-state index < -0.39 is 0 Å². The second-order valence-electron chi connectivity index (χ2n) is 7.94. The maximum absolute atomic E-state index is 12.1. The molecule has 0 bridgehead atoms. The van der Waals surface area contributed by atoms with Gasteiger partial charge in [-0.3, -0.25) is 9.69 Å². The van der Waals surface area contributed by atoms with E-state index >= 15 is 0 Å². The summed E-state index contributed by atoms with van der Waals surface area (Å²) < 4.78 is 0. The number of halogens is 2. The lowest BCUT2D eigenvalue weighted by atomic mass is 9.88. The molecule has 2 N–H and O–H groups in total. The van der Waals surface area contributed by atoms with E-state index in [1.165, 1.54) is 12.8 Å². The largest absolute Gasteiger partial charge is 0.354 e. The van der Waals surface area contributed by atoms with Crippen LogP contribution in [0, 0.1) is 11.8 Å². The van der Waals surface area contributed by atoms with Crippen LogP contribution in [0.4, 0.5) is 0 Å². The van der Waals surface area contributed by atoms with Crippen molar-refractivity contribution in [2.75, 3.05) is 26.2 Å². The molecule has 0 aromatic rings. The molecule has 0 saturated carbocycles. The molecule has 0 aliphatic carbocycles. The van der Waals surface area contributed by atoms with Crippen molar-refractivity contribution in [2.24, 2.45) is 11.8 Å². The van der Waals surface area contributed by atoms with Crippen molar-refractivity contribution >= 4 is 30.7 Å². The lowest BCUT2D eigenvalue weighted by Crippen LogP contribution is -2.56. The van der Waals surface area contributed by atoms with Gasteiger partial charge in [-0.15, -0.1) is 24.8 Å². The van der Waals surface area contributed by atoms with Gasteiger partial charge in [0.05, 0.1) is 0 Å². The molecule has 0 radical (unpaired) electrons. The summed E-state index contributed by atoms with van der Waals surface area (Å²) >= 11 is 0. The fourth-order valence-corrected chi connectivity index (χ4v) is 3.81. The smallest absolute Gasteiger partial charge is 0.221 e. The van der Waals surface area contributed by atoms with Gasteiger partial charge in [-0.2, -0.15) is 0 Å². The summed E-state index contributed by atoms with van der Waals surface area (Å²) in [6.07, 6.45) is 4.29. The third-order valence-corrected chi connectivity index (χ3v) is 5.04. The number of rotatable bonds is 5. The summed E-state index contributed by atoms with van der Waals surface area (Å²) in [4.78, 5) is 14.6. The van der Waals surface area contributed by atoms with Gasteiger partial charge in [0.15, 0.2) is 0 Å². The Labute approximate surface area is 154 Å². The highest BCUT2D eigenvalue weighted by Crippen LogP contribution is 2.26. The van der Waals surface area contributed by atoms with Crippen LogP contribution in [0.15, 0.2) is 0 Å². The molecular formula is C17H35Cl2N3O. The first-order valence-electron chi connectivity index (χ1n) is 8.62. The van der Waals surface area contributed by atoms with Crippen molar-refractivity contribution in [3.8, 4) is 0 Å². The third-order valence-electron chi connectivity index (χ3n) is 5.04. The number of nitrogens with zero attached hydrogens (tertiary/aromatic N) is 1. The normalized spacial score (nSPS) is 28.6. The Morgan fingerprint density at radius 2 is 1.83 bits per heavy atom. The van der Waals surface area contributed by atoms with Gasteiger partial charge >= 0.3 is 0 Å². The van der Waals surface area contributed by atoms with Crippen molar-refractivity contribution in [3.05, 3.63) is 0 Å². The number of amides is 1. The summed E-state index contributed by atoms with van der Waals surface area (Å²) in [6.45, 7) is 13.3. The Bertz CT molecular complexity index is 350. The molecule has 6 heteroatoms. The number of carbonyl (C=O) groups excluding carboxylic acids is 1. The fraction of sp³-hybridized carbons (Fsp3) is 0.941. The maximum atomic E-state index is 12.1. The Kier molecular flexibility index (Phi) is 10.1. The zero-order valence-electron chi connectivity index (χ0n) is 15.1. The predicted octanol–water partition coefficient (Wildman–Crippen LogP) is 2.84. The summed E-state index contributed by atoms with van der Waals surface area (Å²) in [6, 6.07) is 0.392. The number of hydrogen-bond acceptors (Lipinski definition) is 3. The minimum absolute atomic E-state index is 0. The van der Waals surface area contributed by atoms with Crippen LogP contribution in [-0.2, 0) is 4.79 Å². The molecule has 4 nitrogen and oxygen atoms in total. The van der Waals surface area contributed by atoms with Gasteiger partial charge in [-0.1, -0.05) is 13.8 Å². The molecule has 2 heterocycles. The van der Waals surface area contributed by atoms with Crippen LogP contribution in [0.1, 0.15) is 53.4 Å². The van der Waals surface area contributed by atoms with Crippen molar-refractivity contribution < 1.29 is 4.79 Å². The molecule has 138 valence electrons. The van der Waals surface area contributed by atoms with Crippen LogP contribution in [0.3, 0.4) is 0 Å². The SMILES string of the molecule is CC1CC(C)CN(C(C)(C)CNC(=O)CC2CCCN2)C1.Cl.Cl. The van der Waals surface area contributed by atoms with Crippen molar-refractivity contribution in [2.45, 2.75) is 65.0 Å². The van der Waals surface area contributed by atoms with Crippen molar-refractivity contribution in [3.63, 3.8) is 0 Å². The number of hydrogen-bond donors (Lipinski definition) is 2. The van der Waals surface area contributed by atoms with E-state index in [0.29, 0.717) is 12.5 Å². The standard InChI is InChI=1S/C17H33N3O.2ClH/c1-13-8-14(2)11-20(10-13)17(3,4)12-19-16(21)9-15-6-5-7-18-15;;/h13-15,18H,5-12H2,1-4H3,(H,19,21);2*1H. The molecule has 3 atom stereocenters. The maximum Gasteiger partial charge on any atom is 0.221 e. The predicted molar refractivity (Wildman–Crippen MR) is 102 cm³/mol. The molecule has 0 aromatic heterocycles. The molecule has 0 aromatic carbocycles. The zero-order valence-corrected chi connectivity index (χ0v) is 16.7. The summed E-state index contributed by atoms with van der Waals surface area (Å²) in [5.41, 5.74) is 0.0434. The molecule has 2 rings (SSSR count). The van der Waals surface area contributed by atoms with E-state index in [0.717, 1.165) is 44.4 Å². The van der Waals surface area contributed by atoms with Crippen LogP contribution < -0.4 is 10.6 Å². The Morgan fingerprint density at radius 1 is 1.22 bits per heavy atom. The van der Waals surface area contributed by atoms with E-state index in [1.807, 2.05) is 0 Å². The monoisotopic (exact) mass is 367 g/mol. The summed E-state index contributed by atoms with van der Waals surface area (Å²) in [5.74, 6) is 1.71. The van der Waals surface area contributed by atoms with Gasteiger partial charge in [0.25, 0.3) is 0 Å². The van der Waals surface area contributed by atoms with Gasteiger partial charge in [0.2, 0.25) is 5.91 Å². The minimum Gasteiger partial charge on any atom is -0.354 e. The average molecular weight is 368 g/mol. The van der Waals surface area contributed by atoms with Crippen LogP contribution in [0.5, 0.6) is 0 Å². The number of likely N-dealkylation sites (tertiary alicyclic amines) is 1. The molecule has 1 amide bonds. The first-order valence-corrected chi connectivity index (χ1v) is 8.62. The average Bonchev–Trinajstić information content (AvgIpc) is 2.88. The van der Waals surface area contributed by atoms with E-state index in [4.69, 9.17) is 0 Å². The van der Waals surface area contributed by atoms with E-state index in [9.17, 15) is 4.79 Å². The Morgan fingerprint density at radius 3 is 2.35 bits per heavy atom. The molecular weight excluding hydrogens is 333 g/mol. The second kappa shape index (κ2) is 10.1. The van der Waals surface area contributed by atoms with Crippen LogP contribution >= 0.6 is 24.8 Å². The minimum atomic E-state index is 0. The van der Waals surface area contributed by atoms with Gasteiger partial charge in [0, 0.05) is 37.6 Å². The first-order chi connectivity index (χ1) is 9.87. The van der Waals surface area contributed by atoms with Crippen molar-refractivity contribution in [1.29, 1.82) is 0 Å². The second-order valence-corrected chi connectivity index (χ2v) is 7.94. The Balaban J connectivity index is 0.00000242. The highest BCUT2D eigenvalue weighted by atomic mass is 35.5. The first kappa shape index (κ1) is 23.0. The number of piperidine rings is 1. The van der Waals surface area contributed by atoms with E-state index in [1.54, 1.807) is 0 Å². The van der Waals surface area contributed by atoms with Gasteiger partial charge in [-0.05, 0) is 51.5 Å². The van der Waals surface area contributed by atoms with Crippen LogP contribution in [0.2, 0.25) is 0 Å². The van der Waals surface area contributed by atoms with Gasteiger partial charge < -0.3 is 10.6 Å². The number of nitrogens with one attached hydrogen (secondary N) is 2. The molecule has 3 unspecified atom stereocenters. The summed E-state index contributed by atoms with van der Waals surface area (Å²) in [5, 5.41) is 6.54. The molecule has 2 aliphatic rings. The van der Waals surface area contributed by atoms with Crippen LogP contribution in [-0.4, -0.2) is 48.6 Å². The number of carbonyl (C=O) groups is 1. The quantitative estimate of drug-likeness (QED) is 0.784. The van der Waals surface area contributed by atoms with Crippen LogP contribution in [0.25, 0.3) is 0 Å². The van der Waals surface area contributed by atoms with Gasteiger partial charge in [-0.25, -0.2) is 0 Å². The van der Waals surface area contributed by atoms with E-state index in [2.05, 4.69) is 43.2 Å².